The zero-order valence-electron chi connectivity index (χ0n) is 16.0. The van der Waals surface area contributed by atoms with Crippen molar-refractivity contribution in [1.29, 1.82) is 0 Å². The number of aromatic nitrogens is 2. The Morgan fingerprint density at radius 2 is 2.04 bits per heavy atom. The molecule has 27 heavy (non-hydrogen) atoms. The van der Waals surface area contributed by atoms with E-state index >= 15 is 0 Å². The number of aryl methyl sites for hydroxylation is 1. The van der Waals surface area contributed by atoms with Gasteiger partial charge in [-0.05, 0) is 62.4 Å². The van der Waals surface area contributed by atoms with E-state index in [0.29, 0.717) is 12.2 Å². The van der Waals surface area contributed by atoms with Gasteiger partial charge in [0.2, 0.25) is 0 Å². The summed E-state index contributed by atoms with van der Waals surface area (Å²) in [5, 5.41) is 0. The molecule has 5 nitrogen and oxygen atoms in total. The summed E-state index contributed by atoms with van der Waals surface area (Å²) in [5.41, 5.74) is 2.34. The van der Waals surface area contributed by atoms with Crippen molar-refractivity contribution in [3.8, 4) is 0 Å². The lowest BCUT2D eigenvalue weighted by atomic mass is 10.1. The monoisotopic (exact) mass is 381 g/mol. The Kier molecular flexibility index (Phi) is 5.65. The van der Waals surface area contributed by atoms with Gasteiger partial charge < -0.3 is 4.90 Å². The SMILES string of the molecule is CSc1cccc(CN(C(=O)c2cnc3cc(C)ccn3c2=O)C(C)C)c1. The number of nitrogens with zero attached hydrogens (tertiary/aromatic N) is 3. The molecule has 0 N–H and O–H groups in total. The minimum absolute atomic E-state index is 0.0476. The number of carbonyl (C=O) groups excluding carboxylic acids is 1. The molecule has 140 valence electrons. The Bertz CT molecular complexity index is 1040. The topological polar surface area (TPSA) is 54.7 Å². The van der Waals surface area contributed by atoms with Crippen LogP contribution >= 0.6 is 11.8 Å². The van der Waals surface area contributed by atoms with Gasteiger partial charge in [0.25, 0.3) is 11.5 Å². The highest BCUT2D eigenvalue weighted by Gasteiger charge is 2.23. The van der Waals surface area contributed by atoms with E-state index in [2.05, 4.69) is 11.1 Å². The Labute approximate surface area is 163 Å². The first kappa shape index (κ1) is 19.2. The number of thioether (sulfide) groups is 1. The number of rotatable bonds is 5. The average molecular weight is 382 g/mol. The quantitative estimate of drug-likeness (QED) is 0.631. The van der Waals surface area contributed by atoms with Gasteiger partial charge >= 0.3 is 0 Å². The smallest absolute Gasteiger partial charge is 0.270 e. The van der Waals surface area contributed by atoms with E-state index in [9.17, 15) is 9.59 Å². The van der Waals surface area contributed by atoms with E-state index in [1.807, 2.05) is 57.4 Å². The van der Waals surface area contributed by atoms with Crippen molar-refractivity contribution in [2.45, 2.75) is 38.3 Å². The molecule has 0 bridgehead atoms. The fourth-order valence-electron chi connectivity index (χ4n) is 2.93. The molecule has 2 heterocycles. The predicted octanol–water partition coefficient (Wildman–Crippen LogP) is 3.78. The highest BCUT2D eigenvalue weighted by Crippen LogP contribution is 2.18. The van der Waals surface area contributed by atoms with Crippen LogP contribution in [0.2, 0.25) is 0 Å². The van der Waals surface area contributed by atoms with Crippen LogP contribution in [0.1, 0.15) is 35.3 Å². The van der Waals surface area contributed by atoms with E-state index in [-0.39, 0.29) is 23.1 Å². The molecule has 0 aliphatic heterocycles. The molecule has 0 aliphatic rings. The van der Waals surface area contributed by atoms with Crippen molar-refractivity contribution in [2.75, 3.05) is 6.26 Å². The molecular formula is C21H23N3O2S. The van der Waals surface area contributed by atoms with Crippen molar-refractivity contribution in [1.82, 2.24) is 14.3 Å². The third kappa shape index (κ3) is 4.06. The van der Waals surface area contributed by atoms with E-state index < -0.39 is 0 Å². The number of carbonyl (C=O) groups is 1. The number of fused-ring (bicyclic) bond motifs is 1. The molecule has 0 aliphatic carbocycles. The van der Waals surface area contributed by atoms with Crippen LogP contribution < -0.4 is 5.56 Å². The third-order valence-electron chi connectivity index (χ3n) is 4.47. The first-order valence-corrected chi connectivity index (χ1v) is 10.0. The number of hydrogen-bond acceptors (Lipinski definition) is 4. The van der Waals surface area contributed by atoms with Gasteiger partial charge in [0, 0.05) is 29.9 Å². The van der Waals surface area contributed by atoms with Crippen LogP contribution in [0.25, 0.3) is 5.65 Å². The van der Waals surface area contributed by atoms with Crippen molar-refractivity contribution < 1.29 is 4.79 Å². The first-order valence-electron chi connectivity index (χ1n) is 8.82. The van der Waals surface area contributed by atoms with Gasteiger partial charge in [0.05, 0.1) is 0 Å². The Morgan fingerprint density at radius 3 is 2.74 bits per heavy atom. The summed E-state index contributed by atoms with van der Waals surface area (Å²) in [4.78, 5) is 33.1. The van der Waals surface area contributed by atoms with Gasteiger partial charge in [0.15, 0.2) is 0 Å². The first-order chi connectivity index (χ1) is 12.9. The fraction of sp³-hybridized carbons (Fsp3) is 0.286. The van der Waals surface area contributed by atoms with Crippen molar-refractivity contribution in [3.63, 3.8) is 0 Å². The number of amides is 1. The van der Waals surface area contributed by atoms with E-state index in [1.165, 1.54) is 10.6 Å². The molecule has 2 aromatic heterocycles. The molecule has 0 saturated carbocycles. The van der Waals surface area contributed by atoms with Gasteiger partial charge in [-0.1, -0.05) is 12.1 Å². The maximum Gasteiger partial charge on any atom is 0.270 e. The maximum atomic E-state index is 13.1. The summed E-state index contributed by atoms with van der Waals surface area (Å²) in [7, 11) is 0. The van der Waals surface area contributed by atoms with Crippen LogP contribution in [0.3, 0.4) is 0 Å². The third-order valence-corrected chi connectivity index (χ3v) is 5.19. The zero-order valence-corrected chi connectivity index (χ0v) is 16.8. The summed E-state index contributed by atoms with van der Waals surface area (Å²) in [6.07, 6.45) is 5.08. The minimum Gasteiger partial charge on any atom is -0.332 e. The predicted molar refractivity (Wildman–Crippen MR) is 109 cm³/mol. The second kappa shape index (κ2) is 7.96. The molecule has 0 unspecified atom stereocenters. The standard InChI is InChI=1S/C21H23N3O2S/c1-14(2)24(13-16-6-5-7-17(11-16)27-4)21(26)18-12-22-19-10-15(3)8-9-23(19)20(18)25/h5-12,14H,13H2,1-4H3. The van der Waals surface area contributed by atoms with Crippen molar-refractivity contribution in [3.05, 3.63) is 75.8 Å². The molecule has 1 amide bonds. The number of pyridine rings is 1. The highest BCUT2D eigenvalue weighted by atomic mass is 32.2. The van der Waals surface area contributed by atoms with Crippen LogP contribution in [0.4, 0.5) is 0 Å². The largest absolute Gasteiger partial charge is 0.332 e. The van der Waals surface area contributed by atoms with Gasteiger partial charge in [-0.15, -0.1) is 11.8 Å². The molecule has 0 fully saturated rings. The van der Waals surface area contributed by atoms with Crippen molar-refractivity contribution in [2.24, 2.45) is 0 Å². The molecule has 0 atom stereocenters. The minimum atomic E-state index is -0.339. The lowest BCUT2D eigenvalue weighted by molar-refractivity contribution is 0.0687. The van der Waals surface area contributed by atoms with Crippen LogP contribution in [0, 0.1) is 6.92 Å². The fourth-order valence-corrected chi connectivity index (χ4v) is 3.42. The number of benzene rings is 1. The van der Waals surface area contributed by atoms with E-state index in [1.54, 1.807) is 22.9 Å². The Balaban J connectivity index is 1.97. The zero-order chi connectivity index (χ0) is 19.6. The van der Waals surface area contributed by atoms with Crippen LogP contribution in [-0.4, -0.2) is 32.5 Å². The average Bonchev–Trinajstić information content (AvgIpc) is 2.65. The van der Waals surface area contributed by atoms with Gasteiger partial charge in [0.1, 0.15) is 11.2 Å². The van der Waals surface area contributed by atoms with Crippen LogP contribution in [-0.2, 0) is 6.54 Å². The lowest BCUT2D eigenvalue weighted by Crippen LogP contribution is -2.39. The van der Waals surface area contributed by atoms with Crippen LogP contribution in [0.15, 0.2) is 58.5 Å². The summed E-state index contributed by atoms with van der Waals surface area (Å²) >= 11 is 1.66. The summed E-state index contributed by atoms with van der Waals surface area (Å²) in [6.45, 7) is 6.28. The van der Waals surface area contributed by atoms with Gasteiger partial charge in [-0.2, -0.15) is 0 Å². The van der Waals surface area contributed by atoms with E-state index in [0.717, 1.165) is 16.0 Å². The molecule has 0 spiro atoms. The molecule has 6 heteroatoms. The lowest BCUT2D eigenvalue weighted by Gasteiger charge is -2.27. The van der Waals surface area contributed by atoms with E-state index in [4.69, 9.17) is 0 Å². The Morgan fingerprint density at radius 1 is 1.26 bits per heavy atom. The van der Waals surface area contributed by atoms with Crippen LogP contribution in [0.5, 0.6) is 0 Å². The molecule has 0 saturated heterocycles. The van der Waals surface area contributed by atoms with Gasteiger partial charge in [-0.25, -0.2) is 4.98 Å². The summed E-state index contributed by atoms with van der Waals surface area (Å²) < 4.78 is 1.42. The second-order valence-electron chi connectivity index (χ2n) is 6.79. The molecule has 1 aromatic carbocycles. The molecule has 0 radical (unpaired) electrons. The second-order valence-corrected chi connectivity index (χ2v) is 7.67. The maximum absolute atomic E-state index is 13.1. The molecule has 3 rings (SSSR count). The summed E-state index contributed by atoms with van der Waals surface area (Å²) in [6, 6.07) is 11.7. The molecule has 3 aromatic rings. The molecular weight excluding hydrogens is 358 g/mol. The Hall–Kier alpha value is -2.60. The number of hydrogen-bond donors (Lipinski definition) is 0. The summed E-state index contributed by atoms with van der Waals surface area (Å²) in [5.74, 6) is -0.299. The normalized spacial score (nSPS) is 11.1. The highest BCUT2D eigenvalue weighted by molar-refractivity contribution is 7.98. The van der Waals surface area contributed by atoms with Crippen molar-refractivity contribution >= 4 is 23.3 Å². The van der Waals surface area contributed by atoms with Gasteiger partial charge in [-0.3, -0.25) is 14.0 Å².